The lowest BCUT2D eigenvalue weighted by molar-refractivity contribution is -0.127. The smallest absolute Gasteiger partial charge is 0.239 e. The summed E-state index contributed by atoms with van der Waals surface area (Å²) in [5, 5.41) is 3.18. The van der Waals surface area contributed by atoms with Crippen molar-refractivity contribution in [2.75, 3.05) is 0 Å². The van der Waals surface area contributed by atoms with Crippen LogP contribution in [0.1, 0.15) is 53.9 Å². The molecule has 3 atom stereocenters. The molecule has 1 amide bonds. The molecule has 2 fully saturated rings. The Labute approximate surface area is 105 Å². The number of rotatable bonds is 2. The Morgan fingerprint density at radius 2 is 1.94 bits per heavy atom. The van der Waals surface area contributed by atoms with Gasteiger partial charge in [0.1, 0.15) is 0 Å². The Morgan fingerprint density at radius 3 is 2.29 bits per heavy atom. The molecule has 0 radical (unpaired) electrons. The van der Waals surface area contributed by atoms with Gasteiger partial charge in [0.25, 0.3) is 0 Å². The summed E-state index contributed by atoms with van der Waals surface area (Å²) in [7, 11) is 0. The molecule has 2 rings (SSSR count). The van der Waals surface area contributed by atoms with Crippen LogP contribution in [0, 0.1) is 16.7 Å². The molecule has 0 aliphatic heterocycles. The fraction of sp³-hybridized carbons (Fsp3) is 0.929. The summed E-state index contributed by atoms with van der Waals surface area (Å²) in [6, 6.07) is 0.298. The van der Waals surface area contributed by atoms with E-state index in [1.807, 2.05) is 0 Å². The van der Waals surface area contributed by atoms with E-state index in [0.717, 1.165) is 12.3 Å². The van der Waals surface area contributed by atoms with E-state index in [4.69, 9.17) is 5.73 Å². The van der Waals surface area contributed by atoms with Crippen molar-refractivity contribution in [3.63, 3.8) is 0 Å². The lowest BCUT2D eigenvalue weighted by Gasteiger charge is -2.40. The van der Waals surface area contributed by atoms with Gasteiger partial charge in [0.2, 0.25) is 5.91 Å². The molecule has 98 valence electrons. The van der Waals surface area contributed by atoms with E-state index in [-0.39, 0.29) is 11.3 Å². The normalized spacial score (nSPS) is 39.4. The fourth-order valence-corrected chi connectivity index (χ4v) is 3.77. The van der Waals surface area contributed by atoms with Crippen molar-refractivity contribution >= 4 is 5.91 Å². The molecule has 0 saturated heterocycles. The first-order valence-corrected chi connectivity index (χ1v) is 6.69. The number of hydrogen-bond donors (Lipinski definition) is 2. The van der Waals surface area contributed by atoms with Gasteiger partial charge in [-0.25, -0.2) is 0 Å². The number of nitrogens with two attached hydrogens (primary N) is 1. The molecule has 3 N–H and O–H groups in total. The lowest BCUT2D eigenvalue weighted by Crippen LogP contribution is -2.55. The summed E-state index contributed by atoms with van der Waals surface area (Å²) >= 11 is 0. The maximum Gasteiger partial charge on any atom is 0.239 e. The van der Waals surface area contributed by atoms with E-state index in [1.165, 1.54) is 12.8 Å². The molecule has 17 heavy (non-hydrogen) atoms. The Balaban J connectivity index is 2.14. The Bertz CT molecular complexity index is 343. The second-order valence-corrected chi connectivity index (χ2v) is 7.36. The second-order valence-electron chi connectivity index (χ2n) is 7.36. The molecule has 0 aromatic carbocycles. The van der Waals surface area contributed by atoms with Gasteiger partial charge < -0.3 is 11.1 Å². The summed E-state index contributed by atoms with van der Waals surface area (Å²) in [4.78, 5) is 12.0. The minimum atomic E-state index is -0.775. The molecule has 0 spiro atoms. The highest BCUT2D eigenvalue weighted by Crippen LogP contribution is 2.65. The topological polar surface area (TPSA) is 55.1 Å². The van der Waals surface area contributed by atoms with Crippen molar-refractivity contribution in [3.8, 4) is 0 Å². The zero-order chi connectivity index (χ0) is 13.1. The van der Waals surface area contributed by atoms with Crippen LogP contribution in [0.4, 0.5) is 0 Å². The van der Waals surface area contributed by atoms with Gasteiger partial charge in [-0.05, 0) is 49.9 Å². The van der Waals surface area contributed by atoms with Gasteiger partial charge in [-0.2, -0.15) is 0 Å². The van der Waals surface area contributed by atoms with Gasteiger partial charge in [-0.15, -0.1) is 0 Å². The molecular weight excluding hydrogens is 212 g/mol. The van der Waals surface area contributed by atoms with Crippen LogP contribution in [0.25, 0.3) is 0 Å². The third-order valence-corrected chi connectivity index (χ3v) is 5.68. The van der Waals surface area contributed by atoms with Gasteiger partial charge in [-0.3, -0.25) is 4.79 Å². The average Bonchev–Trinajstić information content (AvgIpc) is 2.49. The number of amides is 1. The number of carbonyl (C=O) groups excluding carboxylic acids is 1. The van der Waals surface area contributed by atoms with Crippen LogP contribution in [0.3, 0.4) is 0 Å². The van der Waals surface area contributed by atoms with Crippen molar-refractivity contribution in [1.29, 1.82) is 0 Å². The molecule has 3 nitrogen and oxygen atoms in total. The van der Waals surface area contributed by atoms with E-state index in [2.05, 4.69) is 26.1 Å². The van der Waals surface area contributed by atoms with Gasteiger partial charge in [0.15, 0.2) is 0 Å². The van der Waals surface area contributed by atoms with E-state index >= 15 is 0 Å². The first kappa shape index (κ1) is 12.9. The first-order chi connectivity index (χ1) is 7.59. The SMILES string of the molecule is CC(C)(N)C(=O)NC1CC2CCC1(C)C2(C)C. The van der Waals surface area contributed by atoms with Gasteiger partial charge >= 0.3 is 0 Å². The number of fused-ring (bicyclic) bond motifs is 2. The number of hydrogen-bond acceptors (Lipinski definition) is 2. The van der Waals surface area contributed by atoms with Crippen LogP contribution in [0.15, 0.2) is 0 Å². The maximum atomic E-state index is 12.0. The van der Waals surface area contributed by atoms with E-state index < -0.39 is 5.54 Å². The monoisotopic (exact) mass is 238 g/mol. The van der Waals surface area contributed by atoms with Crippen LogP contribution < -0.4 is 11.1 Å². The summed E-state index contributed by atoms with van der Waals surface area (Å²) in [5.74, 6) is 0.728. The maximum absolute atomic E-state index is 12.0. The third-order valence-electron chi connectivity index (χ3n) is 5.68. The van der Waals surface area contributed by atoms with Crippen molar-refractivity contribution in [2.24, 2.45) is 22.5 Å². The standard InChI is InChI=1S/C14H26N2O/c1-12(2)9-6-7-14(12,5)10(8-9)16-11(17)13(3,4)15/h9-10H,6-8,15H2,1-5H3,(H,16,17). The summed E-state index contributed by atoms with van der Waals surface area (Å²) in [6.07, 6.45) is 3.65. The van der Waals surface area contributed by atoms with Crippen molar-refractivity contribution in [1.82, 2.24) is 5.32 Å². The molecule has 2 bridgehead atoms. The predicted molar refractivity (Wildman–Crippen MR) is 69.4 cm³/mol. The average molecular weight is 238 g/mol. The van der Waals surface area contributed by atoms with E-state index in [1.54, 1.807) is 13.8 Å². The molecule has 3 heteroatoms. The lowest BCUT2D eigenvalue weighted by atomic mass is 9.69. The van der Waals surface area contributed by atoms with Gasteiger partial charge in [0.05, 0.1) is 5.54 Å². The van der Waals surface area contributed by atoms with Crippen LogP contribution in [-0.4, -0.2) is 17.5 Å². The Morgan fingerprint density at radius 1 is 1.35 bits per heavy atom. The highest BCUT2D eigenvalue weighted by Gasteiger charge is 2.61. The highest BCUT2D eigenvalue weighted by atomic mass is 16.2. The molecule has 3 unspecified atom stereocenters. The van der Waals surface area contributed by atoms with E-state index in [0.29, 0.717) is 11.5 Å². The first-order valence-electron chi connectivity index (χ1n) is 6.69. The fourth-order valence-electron chi connectivity index (χ4n) is 3.77. The predicted octanol–water partition coefficient (Wildman–Crippen LogP) is 2.05. The zero-order valence-electron chi connectivity index (χ0n) is 11.8. The molecule has 2 aliphatic rings. The Kier molecular flexibility index (Phi) is 2.63. The Hall–Kier alpha value is -0.570. The second kappa shape index (κ2) is 3.47. The quantitative estimate of drug-likeness (QED) is 0.773. The minimum absolute atomic E-state index is 0.0212. The molecule has 0 heterocycles. The van der Waals surface area contributed by atoms with Crippen LogP contribution in [-0.2, 0) is 4.79 Å². The zero-order valence-corrected chi connectivity index (χ0v) is 11.8. The summed E-state index contributed by atoms with van der Waals surface area (Å²) in [6.45, 7) is 10.6. The van der Waals surface area contributed by atoms with Gasteiger partial charge in [-0.1, -0.05) is 20.8 Å². The number of nitrogens with one attached hydrogen (secondary N) is 1. The van der Waals surface area contributed by atoms with Crippen molar-refractivity contribution in [3.05, 3.63) is 0 Å². The largest absolute Gasteiger partial charge is 0.351 e. The van der Waals surface area contributed by atoms with E-state index in [9.17, 15) is 4.79 Å². The van der Waals surface area contributed by atoms with Crippen molar-refractivity contribution in [2.45, 2.75) is 65.5 Å². The molecule has 0 aromatic heterocycles. The molecule has 2 saturated carbocycles. The molecule has 2 aliphatic carbocycles. The van der Waals surface area contributed by atoms with Crippen LogP contribution in [0.2, 0.25) is 0 Å². The van der Waals surface area contributed by atoms with Crippen LogP contribution in [0.5, 0.6) is 0 Å². The minimum Gasteiger partial charge on any atom is -0.351 e. The highest BCUT2D eigenvalue weighted by molar-refractivity contribution is 5.85. The third kappa shape index (κ3) is 1.70. The number of carbonyl (C=O) groups is 1. The summed E-state index contributed by atoms with van der Waals surface area (Å²) in [5.41, 5.74) is 5.65. The summed E-state index contributed by atoms with van der Waals surface area (Å²) < 4.78 is 0. The molecule has 0 aromatic rings. The van der Waals surface area contributed by atoms with Crippen molar-refractivity contribution < 1.29 is 4.79 Å². The molecular formula is C14H26N2O. The van der Waals surface area contributed by atoms with Gasteiger partial charge in [0, 0.05) is 6.04 Å². The van der Waals surface area contributed by atoms with Crippen LogP contribution >= 0.6 is 0 Å².